The Morgan fingerprint density at radius 2 is 2.29 bits per heavy atom. The quantitative estimate of drug-likeness (QED) is 0.748. The van der Waals surface area contributed by atoms with Crippen molar-refractivity contribution in [3.63, 3.8) is 0 Å². The van der Waals surface area contributed by atoms with E-state index in [0.29, 0.717) is 17.5 Å². The first-order valence-corrected chi connectivity index (χ1v) is 4.52. The van der Waals surface area contributed by atoms with Crippen LogP contribution in [-0.4, -0.2) is 11.4 Å². The predicted molar refractivity (Wildman–Crippen MR) is 51.4 cm³/mol. The van der Waals surface area contributed by atoms with Crippen molar-refractivity contribution in [3.05, 3.63) is 35.1 Å². The Kier molecular flexibility index (Phi) is 3.77. The second kappa shape index (κ2) is 4.86. The van der Waals surface area contributed by atoms with E-state index < -0.39 is 0 Å². The molecule has 0 saturated carbocycles. The lowest BCUT2D eigenvalue weighted by Crippen LogP contribution is -1.99. The zero-order valence-electron chi connectivity index (χ0n) is 8.03. The van der Waals surface area contributed by atoms with Gasteiger partial charge in [-0.25, -0.2) is 4.39 Å². The first-order chi connectivity index (χ1) is 6.69. The van der Waals surface area contributed by atoms with E-state index in [0.717, 1.165) is 6.29 Å². The monoisotopic (exact) mass is 196 g/mol. The number of aliphatic hydroxyl groups is 1. The molecule has 0 amide bonds. The van der Waals surface area contributed by atoms with E-state index >= 15 is 0 Å². The molecular formula is C11H13FO2. The smallest absolute Gasteiger partial charge is 0.126 e. The van der Waals surface area contributed by atoms with E-state index in [1.807, 2.05) is 0 Å². The lowest BCUT2D eigenvalue weighted by atomic mass is 9.96. The third kappa shape index (κ3) is 2.39. The van der Waals surface area contributed by atoms with Crippen molar-refractivity contribution >= 4 is 6.29 Å². The number of rotatable bonds is 4. The zero-order chi connectivity index (χ0) is 10.6. The maximum absolute atomic E-state index is 13.3. The van der Waals surface area contributed by atoms with E-state index in [1.54, 1.807) is 13.0 Å². The topological polar surface area (TPSA) is 37.3 Å². The number of hydrogen-bond donors (Lipinski definition) is 1. The molecule has 1 atom stereocenters. The molecule has 0 aliphatic carbocycles. The van der Waals surface area contributed by atoms with Crippen LogP contribution in [0, 0.1) is 5.82 Å². The van der Waals surface area contributed by atoms with E-state index in [9.17, 15) is 9.18 Å². The molecule has 0 aliphatic heterocycles. The average Bonchev–Trinajstić information content (AvgIpc) is 2.19. The standard InChI is InChI=1S/C11H13FO2/c1-8(4-5-13)10-6-9(7-14)2-3-11(10)12/h2-3,5-6,8,14H,4,7H2,1H3. The highest BCUT2D eigenvalue weighted by Gasteiger charge is 2.10. The number of hydrogen-bond acceptors (Lipinski definition) is 2. The summed E-state index contributed by atoms with van der Waals surface area (Å²) < 4.78 is 13.3. The third-order valence-corrected chi connectivity index (χ3v) is 2.22. The zero-order valence-corrected chi connectivity index (χ0v) is 8.03. The van der Waals surface area contributed by atoms with Gasteiger partial charge in [0.05, 0.1) is 6.61 Å². The van der Waals surface area contributed by atoms with Gasteiger partial charge in [-0.05, 0) is 23.1 Å². The van der Waals surface area contributed by atoms with E-state index in [4.69, 9.17) is 5.11 Å². The van der Waals surface area contributed by atoms with E-state index in [2.05, 4.69) is 0 Å². The second-order valence-corrected chi connectivity index (χ2v) is 3.32. The normalized spacial score (nSPS) is 12.5. The predicted octanol–water partition coefficient (Wildman–Crippen LogP) is 2.01. The third-order valence-electron chi connectivity index (χ3n) is 2.22. The molecule has 3 heteroatoms. The van der Waals surface area contributed by atoms with Gasteiger partial charge in [-0.15, -0.1) is 0 Å². The Hall–Kier alpha value is -1.22. The van der Waals surface area contributed by atoms with Gasteiger partial charge in [-0.2, -0.15) is 0 Å². The average molecular weight is 196 g/mol. The first-order valence-electron chi connectivity index (χ1n) is 4.52. The van der Waals surface area contributed by atoms with Crippen molar-refractivity contribution in [2.75, 3.05) is 0 Å². The number of aliphatic hydroxyl groups excluding tert-OH is 1. The largest absolute Gasteiger partial charge is 0.392 e. The summed E-state index contributed by atoms with van der Waals surface area (Å²) in [5.74, 6) is -0.462. The van der Waals surface area contributed by atoms with Crippen LogP contribution in [0.2, 0.25) is 0 Å². The molecule has 0 aliphatic rings. The molecule has 0 aromatic heterocycles. The molecule has 0 radical (unpaired) electrons. The van der Waals surface area contributed by atoms with Crippen LogP contribution < -0.4 is 0 Å². The molecule has 1 aromatic rings. The van der Waals surface area contributed by atoms with Gasteiger partial charge < -0.3 is 9.90 Å². The summed E-state index contributed by atoms with van der Waals surface area (Å²) in [5, 5.41) is 8.87. The molecular weight excluding hydrogens is 183 g/mol. The van der Waals surface area contributed by atoms with Gasteiger partial charge >= 0.3 is 0 Å². The summed E-state index contributed by atoms with van der Waals surface area (Å²) in [6.45, 7) is 1.68. The number of halogens is 1. The molecule has 0 fully saturated rings. The highest BCUT2D eigenvalue weighted by molar-refractivity contribution is 5.51. The molecule has 0 spiro atoms. The van der Waals surface area contributed by atoms with Gasteiger partial charge in [-0.3, -0.25) is 0 Å². The van der Waals surface area contributed by atoms with Gasteiger partial charge in [0.2, 0.25) is 0 Å². The van der Waals surface area contributed by atoms with Gasteiger partial charge in [0.25, 0.3) is 0 Å². The number of carbonyl (C=O) groups excluding carboxylic acids is 1. The molecule has 1 unspecified atom stereocenters. The van der Waals surface area contributed by atoms with Crippen LogP contribution in [0.1, 0.15) is 30.4 Å². The van der Waals surface area contributed by atoms with Crippen LogP contribution in [0.3, 0.4) is 0 Å². The van der Waals surface area contributed by atoms with Crippen molar-refractivity contribution < 1.29 is 14.3 Å². The SMILES string of the molecule is CC(CC=O)c1cc(CO)ccc1F. The maximum Gasteiger partial charge on any atom is 0.126 e. The van der Waals surface area contributed by atoms with Gasteiger partial charge in [-0.1, -0.05) is 19.1 Å². The molecule has 14 heavy (non-hydrogen) atoms. The highest BCUT2D eigenvalue weighted by Crippen LogP contribution is 2.22. The molecule has 0 bridgehead atoms. The minimum absolute atomic E-state index is 0.110. The van der Waals surface area contributed by atoms with Gasteiger partial charge in [0.15, 0.2) is 0 Å². The lowest BCUT2D eigenvalue weighted by Gasteiger charge is -2.10. The Labute approximate surface area is 82.4 Å². The number of benzene rings is 1. The molecule has 1 rings (SSSR count). The molecule has 1 N–H and O–H groups in total. The minimum atomic E-state index is -0.323. The van der Waals surface area contributed by atoms with Crippen molar-refractivity contribution in [2.45, 2.75) is 25.9 Å². The molecule has 0 heterocycles. The summed E-state index contributed by atoms with van der Waals surface area (Å²) in [7, 11) is 0. The van der Waals surface area contributed by atoms with Crippen molar-refractivity contribution in [1.29, 1.82) is 0 Å². The fourth-order valence-corrected chi connectivity index (χ4v) is 1.34. The summed E-state index contributed by atoms with van der Waals surface area (Å²) in [6.07, 6.45) is 1.07. The summed E-state index contributed by atoms with van der Waals surface area (Å²) >= 11 is 0. The van der Waals surface area contributed by atoms with Crippen LogP contribution in [0.4, 0.5) is 4.39 Å². The van der Waals surface area contributed by atoms with Crippen LogP contribution in [0.15, 0.2) is 18.2 Å². The van der Waals surface area contributed by atoms with Crippen molar-refractivity contribution in [2.24, 2.45) is 0 Å². The first kappa shape index (κ1) is 10.9. The van der Waals surface area contributed by atoms with Crippen LogP contribution in [-0.2, 0) is 11.4 Å². The fraction of sp³-hybridized carbons (Fsp3) is 0.364. The summed E-state index contributed by atoms with van der Waals surface area (Å²) in [5.41, 5.74) is 1.16. The van der Waals surface area contributed by atoms with Gasteiger partial charge in [0.1, 0.15) is 12.1 Å². The lowest BCUT2D eigenvalue weighted by molar-refractivity contribution is -0.108. The Bertz CT molecular complexity index is 323. The van der Waals surface area contributed by atoms with E-state index in [1.165, 1.54) is 12.1 Å². The summed E-state index contributed by atoms with van der Waals surface area (Å²) in [4.78, 5) is 10.3. The van der Waals surface area contributed by atoms with Crippen molar-refractivity contribution in [3.8, 4) is 0 Å². The highest BCUT2D eigenvalue weighted by atomic mass is 19.1. The van der Waals surface area contributed by atoms with E-state index in [-0.39, 0.29) is 18.3 Å². The van der Waals surface area contributed by atoms with Gasteiger partial charge in [0, 0.05) is 6.42 Å². The second-order valence-electron chi connectivity index (χ2n) is 3.32. The Balaban J connectivity index is 2.98. The Morgan fingerprint density at radius 1 is 1.57 bits per heavy atom. The van der Waals surface area contributed by atoms with Crippen LogP contribution >= 0.6 is 0 Å². The Morgan fingerprint density at radius 3 is 2.86 bits per heavy atom. The van der Waals surface area contributed by atoms with Crippen molar-refractivity contribution in [1.82, 2.24) is 0 Å². The van der Waals surface area contributed by atoms with Crippen LogP contribution in [0.5, 0.6) is 0 Å². The maximum atomic E-state index is 13.3. The number of aldehydes is 1. The summed E-state index contributed by atoms with van der Waals surface area (Å²) in [6, 6.07) is 4.46. The number of carbonyl (C=O) groups is 1. The van der Waals surface area contributed by atoms with Crippen LogP contribution in [0.25, 0.3) is 0 Å². The minimum Gasteiger partial charge on any atom is -0.392 e. The molecule has 76 valence electrons. The molecule has 0 saturated heterocycles. The fourth-order valence-electron chi connectivity index (χ4n) is 1.34. The molecule has 1 aromatic carbocycles. The molecule has 2 nitrogen and oxygen atoms in total.